The molecule has 0 radical (unpaired) electrons. The first-order valence-electron chi connectivity index (χ1n) is 20.2. The van der Waals surface area contributed by atoms with Gasteiger partial charge in [-0.3, -0.25) is 0 Å². The lowest BCUT2D eigenvalue weighted by molar-refractivity contribution is 0.665. The molecule has 11 rings (SSSR count). The van der Waals surface area contributed by atoms with Crippen LogP contribution >= 0.6 is 0 Å². The summed E-state index contributed by atoms with van der Waals surface area (Å²) in [5.41, 5.74) is 19.1. The van der Waals surface area contributed by atoms with Gasteiger partial charge in [0.15, 0.2) is 0 Å². The van der Waals surface area contributed by atoms with Crippen molar-refractivity contribution in [3.05, 3.63) is 210 Å². The molecule has 9 aromatic carbocycles. The van der Waals surface area contributed by atoms with Crippen molar-refractivity contribution in [2.45, 2.75) is 38.5 Å². The number of para-hydroxylation sites is 2. The minimum Gasteiger partial charge on any atom is -0.311 e. The normalized spacial score (nSPS) is 14.2. The van der Waals surface area contributed by atoms with Crippen LogP contribution in [0.25, 0.3) is 66.1 Å². The lowest BCUT2D eigenvalue weighted by atomic mass is 9.73. The molecule has 0 unspecified atom stereocenters. The van der Waals surface area contributed by atoms with Crippen molar-refractivity contribution in [2.24, 2.45) is 0 Å². The van der Waals surface area contributed by atoms with Crippen LogP contribution in [0.1, 0.15) is 49.9 Å². The van der Waals surface area contributed by atoms with Gasteiger partial charge in [-0.05, 0) is 125 Å². The fourth-order valence-corrected chi connectivity index (χ4v) is 10.5. The van der Waals surface area contributed by atoms with E-state index >= 15 is 0 Å². The van der Waals surface area contributed by atoms with Gasteiger partial charge in [0, 0.05) is 27.9 Å². The van der Waals surface area contributed by atoms with E-state index in [4.69, 9.17) is 0 Å². The topological polar surface area (TPSA) is 3.24 Å². The number of hydrogen-bond acceptors (Lipinski definition) is 1. The second-order valence-electron chi connectivity index (χ2n) is 16.8. The maximum absolute atomic E-state index is 2.44. The van der Waals surface area contributed by atoms with Crippen molar-refractivity contribution < 1.29 is 0 Å². The van der Waals surface area contributed by atoms with Crippen molar-refractivity contribution in [1.29, 1.82) is 0 Å². The monoisotopic (exact) mass is 729 g/mol. The van der Waals surface area contributed by atoms with Gasteiger partial charge in [0.05, 0.1) is 0 Å². The molecule has 0 atom stereocenters. The van der Waals surface area contributed by atoms with Crippen molar-refractivity contribution in [1.82, 2.24) is 0 Å². The van der Waals surface area contributed by atoms with Gasteiger partial charge in [-0.25, -0.2) is 0 Å². The first-order valence-corrected chi connectivity index (χ1v) is 20.2. The molecule has 0 aliphatic heterocycles. The van der Waals surface area contributed by atoms with Crippen LogP contribution < -0.4 is 4.90 Å². The Morgan fingerprint density at radius 1 is 0.316 bits per heavy atom. The quantitative estimate of drug-likeness (QED) is 0.159. The first kappa shape index (κ1) is 33.6. The lowest BCUT2D eigenvalue weighted by Crippen LogP contribution is -2.17. The van der Waals surface area contributed by atoms with Crippen LogP contribution in [0.5, 0.6) is 0 Å². The average Bonchev–Trinajstić information content (AvgIpc) is 3.64. The Bertz CT molecular complexity index is 2990. The molecule has 272 valence electrons. The standard InChI is InChI=1S/C56H43N/c1-55(2)47-26-16-14-24-41(47)43-33-35-46-50(37-28-30-40(31-29-37)57(38-20-10-6-11-21-38)39-22-12-7-13-23-39)52-45(49(51(46)53(43)55)36-18-8-5-9-19-36)34-32-44-42-25-15-17-27-48(42)56(3,4)54(44)52/h5-35H,1-4H3. The van der Waals surface area contributed by atoms with E-state index in [2.05, 4.69) is 221 Å². The molecule has 0 saturated carbocycles. The van der Waals surface area contributed by atoms with Crippen molar-refractivity contribution in [3.63, 3.8) is 0 Å². The zero-order chi connectivity index (χ0) is 38.5. The summed E-state index contributed by atoms with van der Waals surface area (Å²) in [6.45, 7) is 9.70. The predicted octanol–water partition coefficient (Wildman–Crippen LogP) is 15.4. The Hall–Kier alpha value is -6.70. The maximum Gasteiger partial charge on any atom is 0.0462 e. The number of nitrogens with zero attached hydrogens (tertiary/aromatic N) is 1. The van der Waals surface area contributed by atoms with Gasteiger partial charge < -0.3 is 4.90 Å². The number of hydrogen-bond donors (Lipinski definition) is 0. The second-order valence-corrected chi connectivity index (χ2v) is 16.8. The Kier molecular flexibility index (Phi) is 7.32. The predicted molar refractivity (Wildman–Crippen MR) is 242 cm³/mol. The molecule has 0 heterocycles. The third-order valence-corrected chi connectivity index (χ3v) is 13.0. The molecule has 0 aromatic heterocycles. The highest BCUT2D eigenvalue weighted by Gasteiger charge is 2.41. The van der Waals surface area contributed by atoms with Gasteiger partial charge in [0.25, 0.3) is 0 Å². The van der Waals surface area contributed by atoms with Crippen LogP contribution in [-0.4, -0.2) is 0 Å². The highest BCUT2D eigenvalue weighted by Crippen LogP contribution is 2.59. The molecule has 0 amide bonds. The van der Waals surface area contributed by atoms with Gasteiger partial charge in [0.1, 0.15) is 0 Å². The average molecular weight is 730 g/mol. The Morgan fingerprint density at radius 3 is 1.14 bits per heavy atom. The minimum atomic E-state index is -0.203. The molecule has 0 N–H and O–H groups in total. The maximum atomic E-state index is 2.44. The SMILES string of the molecule is CC1(C)c2ccccc2-c2ccc3c(-c4ccc(N(c5ccccc5)c5ccccc5)cc4)c4c5c(ccc4c(-c4ccccc4)c3c21)-c1ccccc1C5(C)C. The highest BCUT2D eigenvalue weighted by atomic mass is 15.1. The molecule has 57 heavy (non-hydrogen) atoms. The van der Waals surface area contributed by atoms with Crippen molar-refractivity contribution in [2.75, 3.05) is 4.90 Å². The second kappa shape index (κ2) is 12.4. The largest absolute Gasteiger partial charge is 0.311 e. The van der Waals surface area contributed by atoms with E-state index in [0.29, 0.717) is 0 Å². The van der Waals surface area contributed by atoms with Crippen LogP contribution in [0, 0.1) is 0 Å². The van der Waals surface area contributed by atoms with Gasteiger partial charge in [-0.2, -0.15) is 0 Å². The molecule has 0 fully saturated rings. The van der Waals surface area contributed by atoms with Crippen molar-refractivity contribution in [3.8, 4) is 44.5 Å². The highest BCUT2D eigenvalue weighted by molar-refractivity contribution is 6.26. The smallest absolute Gasteiger partial charge is 0.0462 e. The van der Waals surface area contributed by atoms with E-state index in [-0.39, 0.29) is 10.8 Å². The Labute approximate surface area is 335 Å². The molecule has 0 bridgehead atoms. The molecular formula is C56H43N. The fourth-order valence-electron chi connectivity index (χ4n) is 10.5. The number of fused-ring (bicyclic) bond motifs is 10. The molecule has 2 aliphatic rings. The first-order chi connectivity index (χ1) is 27.8. The zero-order valence-electron chi connectivity index (χ0n) is 32.8. The fraction of sp³-hybridized carbons (Fsp3) is 0.107. The van der Waals surface area contributed by atoms with Gasteiger partial charge >= 0.3 is 0 Å². The third-order valence-electron chi connectivity index (χ3n) is 13.0. The Morgan fingerprint density at radius 2 is 0.684 bits per heavy atom. The summed E-state index contributed by atoms with van der Waals surface area (Å²) in [7, 11) is 0. The molecule has 0 saturated heterocycles. The summed E-state index contributed by atoms with van der Waals surface area (Å²) < 4.78 is 0. The zero-order valence-corrected chi connectivity index (χ0v) is 32.8. The van der Waals surface area contributed by atoms with Gasteiger partial charge in [0.2, 0.25) is 0 Å². The Balaban J connectivity index is 1.28. The summed E-state index contributed by atoms with van der Waals surface area (Å²) in [6, 6.07) is 69.7. The van der Waals surface area contributed by atoms with Crippen LogP contribution in [0.4, 0.5) is 17.1 Å². The third kappa shape index (κ3) is 4.82. The van der Waals surface area contributed by atoms with E-state index in [1.807, 2.05) is 0 Å². The summed E-state index contributed by atoms with van der Waals surface area (Å²) in [4.78, 5) is 2.35. The number of benzene rings is 9. The molecule has 1 nitrogen and oxygen atoms in total. The minimum absolute atomic E-state index is 0.193. The van der Waals surface area contributed by atoms with Gasteiger partial charge in [-0.1, -0.05) is 179 Å². The van der Waals surface area contributed by atoms with Crippen LogP contribution in [0.3, 0.4) is 0 Å². The van der Waals surface area contributed by atoms with E-state index in [9.17, 15) is 0 Å². The summed E-state index contributed by atoms with van der Waals surface area (Å²) in [5, 5.41) is 5.32. The molecule has 9 aromatic rings. The van der Waals surface area contributed by atoms with Crippen LogP contribution in [0.15, 0.2) is 188 Å². The summed E-state index contributed by atoms with van der Waals surface area (Å²) in [5.74, 6) is 0. The van der Waals surface area contributed by atoms with E-state index in [0.717, 1.165) is 17.1 Å². The number of anilines is 3. The van der Waals surface area contributed by atoms with Crippen LogP contribution in [-0.2, 0) is 10.8 Å². The number of rotatable bonds is 5. The van der Waals surface area contributed by atoms with E-state index in [1.165, 1.54) is 88.3 Å². The van der Waals surface area contributed by atoms with E-state index < -0.39 is 0 Å². The summed E-state index contributed by atoms with van der Waals surface area (Å²) in [6.07, 6.45) is 0. The van der Waals surface area contributed by atoms with Crippen LogP contribution in [0.2, 0.25) is 0 Å². The molecule has 2 aliphatic carbocycles. The van der Waals surface area contributed by atoms with Crippen molar-refractivity contribution >= 4 is 38.6 Å². The molecular weight excluding hydrogens is 687 g/mol. The lowest BCUT2D eigenvalue weighted by Gasteiger charge is -2.30. The van der Waals surface area contributed by atoms with Gasteiger partial charge in [-0.15, -0.1) is 0 Å². The summed E-state index contributed by atoms with van der Waals surface area (Å²) >= 11 is 0. The van der Waals surface area contributed by atoms with E-state index in [1.54, 1.807) is 0 Å². The molecule has 1 heteroatoms. The molecule has 0 spiro atoms.